The highest BCUT2D eigenvalue weighted by Crippen LogP contribution is 2.30. The van der Waals surface area contributed by atoms with Crippen molar-refractivity contribution in [3.8, 4) is 10.4 Å². The Balaban J connectivity index is 1.29. The first-order valence-corrected chi connectivity index (χ1v) is 15.7. The third kappa shape index (κ3) is 7.05. The minimum atomic E-state index is -1.22. The highest BCUT2D eigenvalue weighted by molar-refractivity contribution is 7.13. The van der Waals surface area contributed by atoms with E-state index in [1.807, 2.05) is 38.1 Å². The van der Waals surface area contributed by atoms with E-state index in [4.69, 9.17) is 9.52 Å². The van der Waals surface area contributed by atoms with Crippen molar-refractivity contribution in [3.63, 3.8) is 0 Å². The number of carbonyl (C=O) groups is 4. The maximum Gasteiger partial charge on any atom is 0.409 e. The summed E-state index contributed by atoms with van der Waals surface area (Å²) in [7, 11) is 0. The summed E-state index contributed by atoms with van der Waals surface area (Å²) in [5.41, 5.74) is 4.58. The van der Waals surface area contributed by atoms with Gasteiger partial charge in [0.1, 0.15) is 17.7 Å². The Hall–Kier alpha value is -4.75. The molecule has 13 heteroatoms. The van der Waals surface area contributed by atoms with Crippen molar-refractivity contribution in [2.24, 2.45) is 5.41 Å². The Morgan fingerprint density at radius 3 is 2.41 bits per heavy atom. The molecule has 5 rings (SSSR count). The van der Waals surface area contributed by atoms with Crippen LogP contribution in [0.25, 0.3) is 21.4 Å². The SMILES string of the molecule is Cc1ncsc1-c1ccc(C(C)NC(=O)[C@@H]2C[C@@H](O)CN2C(=O)C(NC(=O)c2cc3cc(NC(=O)O)ccc3o2)C(C)(C)C)cc1. The van der Waals surface area contributed by atoms with E-state index in [0.717, 1.165) is 21.7 Å². The van der Waals surface area contributed by atoms with Gasteiger partial charge in [0, 0.05) is 24.0 Å². The number of likely N-dealkylation sites (tertiary alicyclic amines) is 1. The van der Waals surface area contributed by atoms with Gasteiger partial charge in [-0.15, -0.1) is 11.3 Å². The van der Waals surface area contributed by atoms with Crippen molar-refractivity contribution in [3.05, 3.63) is 71.1 Å². The molecule has 2 unspecified atom stereocenters. The highest BCUT2D eigenvalue weighted by atomic mass is 32.1. The number of aliphatic hydroxyl groups excluding tert-OH is 1. The van der Waals surface area contributed by atoms with Gasteiger partial charge in [-0.05, 0) is 54.7 Å². The minimum Gasteiger partial charge on any atom is -0.465 e. The first-order chi connectivity index (χ1) is 21.7. The number of rotatable bonds is 8. The molecule has 2 aromatic heterocycles. The summed E-state index contributed by atoms with van der Waals surface area (Å²) in [6.45, 7) is 9.13. The molecule has 4 aromatic rings. The molecular weight excluding hydrogens is 610 g/mol. The van der Waals surface area contributed by atoms with Crippen molar-refractivity contribution in [2.75, 3.05) is 11.9 Å². The average Bonchev–Trinajstić information content (AvgIpc) is 3.72. The van der Waals surface area contributed by atoms with E-state index in [2.05, 4.69) is 20.9 Å². The van der Waals surface area contributed by atoms with Crippen molar-refractivity contribution in [1.29, 1.82) is 0 Å². The lowest BCUT2D eigenvalue weighted by atomic mass is 9.85. The summed E-state index contributed by atoms with van der Waals surface area (Å²) < 4.78 is 5.69. The van der Waals surface area contributed by atoms with Gasteiger partial charge in [0.25, 0.3) is 5.91 Å². The zero-order valence-electron chi connectivity index (χ0n) is 26.2. The van der Waals surface area contributed by atoms with Gasteiger partial charge in [0.2, 0.25) is 11.8 Å². The minimum absolute atomic E-state index is 0.0549. The number of furan rings is 1. The topological polar surface area (TPSA) is 174 Å². The van der Waals surface area contributed by atoms with Crippen LogP contribution >= 0.6 is 11.3 Å². The molecule has 0 radical (unpaired) electrons. The number of aromatic nitrogens is 1. The Labute approximate surface area is 269 Å². The number of nitrogens with one attached hydrogen (secondary N) is 3. The number of aliphatic hydroxyl groups is 1. The predicted octanol–water partition coefficient (Wildman–Crippen LogP) is 4.94. The van der Waals surface area contributed by atoms with E-state index >= 15 is 0 Å². The number of β-amino-alcohol motifs (C(OH)–C–C–N with tert-alkyl or cyclic N) is 1. The molecule has 0 spiro atoms. The molecule has 4 amide bonds. The Morgan fingerprint density at radius 1 is 1.07 bits per heavy atom. The van der Waals surface area contributed by atoms with Gasteiger partial charge in [0.15, 0.2) is 5.76 Å². The van der Waals surface area contributed by atoms with Crippen LogP contribution in [0.1, 0.15) is 62.0 Å². The second-order valence-electron chi connectivity index (χ2n) is 12.6. The summed E-state index contributed by atoms with van der Waals surface area (Å²) in [4.78, 5) is 58.6. The van der Waals surface area contributed by atoms with E-state index in [-0.39, 0.29) is 24.8 Å². The number of carbonyl (C=O) groups excluding carboxylic acids is 3. The molecule has 2 aromatic carbocycles. The number of hydrogen-bond donors (Lipinski definition) is 5. The summed E-state index contributed by atoms with van der Waals surface area (Å²) >= 11 is 1.56. The summed E-state index contributed by atoms with van der Waals surface area (Å²) in [5.74, 6) is -1.62. The first-order valence-electron chi connectivity index (χ1n) is 14.8. The number of hydrogen-bond acceptors (Lipinski definition) is 8. The van der Waals surface area contributed by atoms with Crippen LogP contribution in [0, 0.1) is 12.3 Å². The number of benzene rings is 2. The number of nitrogens with zero attached hydrogens (tertiary/aromatic N) is 2. The maximum absolute atomic E-state index is 14.0. The lowest BCUT2D eigenvalue weighted by Gasteiger charge is -2.35. The summed E-state index contributed by atoms with van der Waals surface area (Å²) in [6.07, 6.45) is -2.07. The number of aryl methyl sites for hydroxylation is 1. The second-order valence-corrected chi connectivity index (χ2v) is 13.4. The molecule has 242 valence electrons. The van der Waals surface area contributed by atoms with E-state index in [1.54, 1.807) is 37.6 Å². The molecule has 5 N–H and O–H groups in total. The maximum atomic E-state index is 14.0. The smallest absolute Gasteiger partial charge is 0.409 e. The van der Waals surface area contributed by atoms with Gasteiger partial charge in [-0.1, -0.05) is 45.0 Å². The molecule has 3 heterocycles. The molecule has 1 saturated heterocycles. The zero-order valence-corrected chi connectivity index (χ0v) is 27.0. The third-order valence-electron chi connectivity index (χ3n) is 8.02. The van der Waals surface area contributed by atoms with Crippen molar-refractivity contribution < 1.29 is 33.8 Å². The number of carboxylic acid groups (broad SMARTS) is 1. The van der Waals surface area contributed by atoms with Crippen LogP contribution in [-0.4, -0.2) is 68.6 Å². The lowest BCUT2D eigenvalue weighted by molar-refractivity contribution is -0.142. The molecule has 1 fully saturated rings. The Kier molecular flexibility index (Phi) is 9.17. The van der Waals surface area contributed by atoms with Crippen LogP contribution in [0.2, 0.25) is 0 Å². The monoisotopic (exact) mass is 647 g/mol. The van der Waals surface area contributed by atoms with Crippen LogP contribution in [0.5, 0.6) is 0 Å². The predicted molar refractivity (Wildman–Crippen MR) is 174 cm³/mol. The molecular formula is C33H37N5O7S. The van der Waals surface area contributed by atoms with E-state index in [9.17, 15) is 24.3 Å². The van der Waals surface area contributed by atoms with Crippen molar-refractivity contribution >= 4 is 51.8 Å². The Morgan fingerprint density at radius 2 is 1.78 bits per heavy atom. The van der Waals surface area contributed by atoms with E-state index < -0.39 is 47.4 Å². The molecule has 1 aliphatic heterocycles. The fourth-order valence-corrected chi connectivity index (χ4v) is 6.39. The van der Waals surface area contributed by atoms with Crippen LogP contribution in [0.15, 0.2) is 58.5 Å². The van der Waals surface area contributed by atoms with Crippen LogP contribution < -0.4 is 16.0 Å². The molecule has 0 aliphatic carbocycles. The zero-order chi connectivity index (χ0) is 33.3. The molecule has 46 heavy (non-hydrogen) atoms. The highest BCUT2D eigenvalue weighted by Gasteiger charge is 2.45. The molecule has 4 atom stereocenters. The summed E-state index contributed by atoms with van der Waals surface area (Å²) in [6, 6.07) is 11.5. The van der Waals surface area contributed by atoms with Gasteiger partial charge < -0.3 is 30.2 Å². The van der Waals surface area contributed by atoms with Gasteiger partial charge in [-0.3, -0.25) is 19.7 Å². The molecule has 0 saturated carbocycles. The van der Waals surface area contributed by atoms with Gasteiger partial charge >= 0.3 is 6.09 Å². The molecule has 12 nitrogen and oxygen atoms in total. The second kappa shape index (κ2) is 12.9. The normalized spacial score (nSPS) is 17.8. The van der Waals surface area contributed by atoms with Crippen LogP contribution in [0.4, 0.5) is 10.5 Å². The van der Waals surface area contributed by atoms with Gasteiger partial charge in [0.05, 0.1) is 28.2 Å². The van der Waals surface area contributed by atoms with Crippen LogP contribution in [0.3, 0.4) is 0 Å². The standard InChI is InChI=1S/C33H37N5O7S/c1-17(19-6-8-20(9-7-19)27-18(2)34-16-46-27)35-29(40)24-14-23(39)15-38(24)31(42)28(33(3,4)5)37-30(41)26-13-21-12-22(36-32(43)44)10-11-25(21)45-26/h6-13,16-17,23-24,28,36,39H,14-15H2,1-5H3,(H,35,40)(H,37,41)(H,43,44)/t17?,23-,24+,28?/m1/s1. The number of amides is 4. The first kappa shape index (κ1) is 32.6. The van der Waals surface area contributed by atoms with Crippen molar-refractivity contribution in [2.45, 2.75) is 65.3 Å². The molecule has 0 bridgehead atoms. The van der Waals surface area contributed by atoms with Crippen LogP contribution in [-0.2, 0) is 9.59 Å². The van der Waals surface area contributed by atoms with Gasteiger partial charge in [-0.25, -0.2) is 9.78 Å². The lowest BCUT2D eigenvalue weighted by Crippen LogP contribution is -2.57. The third-order valence-corrected chi connectivity index (χ3v) is 9.00. The van der Waals surface area contributed by atoms with E-state index in [0.29, 0.717) is 16.7 Å². The fourth-order valence-electron chi connectivity index (χ4n) is 5.57. The summed E-state index contributed by atoms with van der Waals surface area (Å²) in [5, 5.41) is 28.0. The number of anilines is 1. The number of fused-ring (bicyclic) bond motifs is 1. The largest absolute Gasteiger partial charge is 0.465 e. The average molecular weight is 648 g/mol. The van der Waals surface area contributed by atoms with Crippen molar-refractivity contribution in [1.82, 2.24) is 20.5 Å². The van der Waals surface area contributed by atoms with Gasteiger partial charge in [-0.2, -0.15) is 0 Å². The molecule has 1 aliphatic rings. The number of thiazole rings is 1. The quantitative estimate of drug-likeness (QED) is 0.179. The Bertz CT molecular complexity index is 1770. The fraction of sp³-hybridized carbons (Fsp3) is 0.364. The van der Waals surface area contributed by atoms with E-state index in [1.165, 1.54) is 29.2 Å².